The van der Waals surface area contributed by atoms with Gasteiger partial charge >= 0.3 is 0 Å². The van der Waals surface area contributed by atoms with Crippen molar-refractivity contribution >= 4 is 17.5 Å². The molecule has 3 rings (SSSR count). The van der Waals surface area contributed by atoms with Crippen LogP contribution in [0.5, 0.6) is 11.5 Å². The lowest BCUT2D eigenvalue weighted by Crippen LogP contribution is -2.30. The van der Waals surface area contributed by atoms with Gasteiger partial charge in [-0.2, -0.15) is 0 Å². The van der Waals surface area contributed by atoms with Crippen LogP contribution in [-0.4, -0.2) is 50.2 Å². The Labute approximate surface area is 154 Å². The second-order valence-corrected chi connectivity index (χ2v) is 7.11. The Bertz CT molecular complexity index is 586. The van der Waals surface area contributed by atoms with E-state index < -0.39 is 0 Å². The Hall–Kier alpha value is -1.46. The van der Waals surface area contributed by atoms with Gasteiger partial charge in [0.15, 0.2) is 11.5 Å². The molecule has 0 radical (unpaired) electrons. The normalized spacial score (nSPS) is 18.3. The number of nitrogens with zero attached hydrogens (tertiary/aromatic N) is 1. The van der Waals surface area contributed by atoms with E-state index in [2.05, 4.69) is 10.2 Å². The summed E-state index contributed by atoms with van der Waals surface area (Å²) < 4.78 is 11.2. The van der Waals surface area contributed by atoms with E-state index >= 15 is 0 Å². The number of carbonyl (C=O) groups excluding carboxylic acids is 1. The van der Waals surface area contributed by atoms with E-state index in [9.17, 15) is 4.79 Å². The van der Waals surface area contributed by atoms with Gasteiger partial charge in [-0.25, -0.2) is 0 Å². The molecule has 0 atom stereocenters. The van der Waals surface area contributed by atoms with E-state index in [1.54, 1.807) is 12.1 Å². The molecule has 0 saturated carbocycles. The summed E-state index contributed by atoms with van der Waals surface area (Å²) in [5, 5.41) is 3.41. The summed E-state index contributed by atoms with van der Waals surface area (Å²) in [6.45, 7) is 5.24. The quantitative estimate of drug-likeness (QED) is 0.810. The largest absolute Gasteiger partial charge is 0.489 e. The van der Waals surface area contributed by atoms with Gasteiger partial charge in [0.2, 0.25) is 0 Å². The van der Waals surface area contributed by atoms with Crippen LogP contribution in [-0.2, 0) is 0 Å². The molecule has 0 aromatic heterocycles. The molecular formula is C19H27ClN2O3. The zero-order chi connectivity index (χ0) is 17.5. The van der Waals surface area contributed by atoms with Crippen LogP contribution in [0.3, 0.4) is 0 Å². The lowest BCUT2D eigenvalue weighted by Gasteiger charge is -2.19. The lowest BCUT2D eigenvalue weighted by atomic mass is 10.2. The Balaban J connectivity index is 1.49. The number of fused-ring (bicyclic) bond motifs is 1. The number of likely N-dealkylation sites (tertiary alicyclic amines) is 1. The van der Waals surface area contributed by atoms with E-state index in [0.717, 1.165) is 19.4 Å². The summed E-state index contributed by atoms with van der Waals surface area (Å²) in [5.74, 6) is 0.977. The Morgan fingerprint density at radius 1 is 1.08 bits per heavy atom. The maximum absolute atomic E-state index is 12.4. The topological polar surface area (TPSA) is 50.8 Å². The van der Waals surface area contributed by atoms with Gasteiger partial charge in [-0.05, 0) is 51.0 Å². The fraction of sp³-hybridized carbons (Fsp3) is 0.632. The minimum Gasteiger partial charge on any atom is -0.489 e. The number of halogens is 1. The van der Waals surface area contributed by atoms with Crippen LogP contribution >= 0.6 is 11.6 Å². The highest BCUT2D eigenvalue weighted by Gasteiger charge is 2.18. The Kier molecular flexibility index (Phi) is 6.82. The van der Waals surface area contributed by atoms with Crippen LogP contribution in [0.15, 0.2) is 12.1 Å². The van der Waals surface area contributed by atoms with Gasteiger partial charge in [0.05, 0.1) is 18.2 Å². The van der Waals surface area contributed by atoms with Crippen LogP contribution in [0.2, 0.25) is 5.02 Å². The predicted octanol–water partition coefficient (Wildman–Crippen LogP) is 3.50. The number of rotatable bonds is 5. The second-order valence-electron chi connectivity index (χ2n) is 6.70. The van der Waals surface area contributed by atoms with Gasteiger partial charge in [0.1, 0.15) is 0 Å². The lowest BCUT2D eigenvalue weighted by molar-refractivity contribution is 0.0951. The number of amides is 1. The molecule has 2 heterocycles. The molecule has 1 fully saturated rings. The minimum absolute atomic E-state index is 0.117. The van der Waals surface area contributed by atoms with Crippen molar-refractivity contribution in [3.63, 3.8) is 0 Å². The number of hydrogen-bond donors (Lipinski definition) is 1. The van der Waals surface area contributed by atoms with Gasteiger partial charge in [-0.15, -0.1) is 0 Å². The van der Waals surface area contributed by atoms with E-state index in [1.807, 2.05) is 0 Å². The fourth-order valence-corrected chi connectivity index (χ4v) is 3.59. The van der Waals surface area contributed by atoms with Crippen molar-refractivity contribution in [3.8, 4) is 11.5 Å². The van der Waals surface area contributed by atoms with Crippen LogP contribution in [0.25, 0.3) is 0 Å². The van der Waals surface area contributed by atoms with Crippen LogP contribution < -0.4 is 14.8 Å². The number of carbonyl (C=O) groups is 1. The van der Waals surface area contributed by atoms with Crippen molar-refractivity contribution in [2.24, 2.45) is 0 Å². The van der Waals surface area contributed by atoms with Gasteiger partial charge in [0, 0.05) is 18.5 Å². The molecule has 6 heteroatoms. The highest BCUT2D eigenvalue weighted by molar-refractivity contribution is 6.32. The molecule has 5 nitrogen and oxygen atoms in total. The molecule has 1 aromatic carbocycles. The van der Waals surface area contributed by atoms with Crippen molar-refractivity contribution in [3.05, 3.63) is 22.7 Å². The van der Waals surface area contributed by atoms with Crippen LogP contribution in [0.1, 0.15) is 48.9 Å². The summed E-state index contributed by atoms with van der Waals surface area (Å²) in [6.07, 6.45) is 7.05. The SMILES string of the molecule is O=C(NCCCN1CCCCCC1)c1cc(Cl)c2c(c1)OCCCO2. The van der Waals surface area contributed by atoms with E-state index in [0.29, 0.717) is 41.8 Å². The third kappa shape index (κ3) is 5.25. The fourth-order valence-electron chi connectivity index (χ4n) is 3.33. The molecule has 2 aliphatic rings. The van der Waals surface area contributed by atoms with Crippen molar-refractivity contribution in [2.75, 3.05) is 39.4 Å². The average Bonchev–Trinajstić information content (AvgIpc) is 3.01. The Morgan fingerprint density at radius 3 is 2.64 bits per heavy atom. The summed E-state index contributed by atoms with van der Waals surface area (Å²) in [6, 6.07) is 3.37. The molecule has 0 unspecified atom stereocenters. The zero-order valence-electron chi connectivity index (χ0n) is 14.7. The highest BCUT2D eigenvalue weighted by Crippen LogP contribution is 2.37. The molecule has 1 amide bonds. The number of ether oxygens (including phenoxy) is 2. The van der Waals surface area contributed by atoms with E-state index in [4.69, 9.17) is 21.1 Å². The molecule has 138 valence electrons. The maximum Gasteiger partial charge on any atom is 0.251 e. The zero-order valence-corrected chi connectivity index (χ0v) is 15.4. The second kappa shape index (κ2) is 9.30. The standard InChI is InChI=1S/C19H27ClN2O3/c20-16-13-15(14-17-18(16)25-12-6-11-24-17)19(23)21-7-5-10-22-8-3-1-2-4-9-22/h13-14H,1-12H2,(H,21,23). The van der Waals surface area contributed by atoms with Crippen molar-refractivity contribution in [1.82, 2.24) is 10.2 Å². The summed E-state index contributed by atoms with van der Waals surface area (Å²) in [5.41, 5.74) is 0.518. The molecule has 2 aliphatic heterocycles. The van der Waals surface area contributed by atoms with E-state index in [1.165, 1.54) is 38.8 Å². The van der Waals surface area contributed by atoms with Crippen molar-refractivity contribution < 1.29 is 14.3 Å². The molecule has 0 aliphatic carbocycles. The third-order valence-corrected chi connectivity index (χ3v) is 4.98. The molecule has 1 saturated heterocycles. The minimum atomic E-state index is -0.117. The van der Waals surface area contributed by atoms with E-state index in [-0.39, 0.29) is 5.91 Å². The summed E-state index contributed by atoms with van der Waals surface area (Å²) in [4.78, 5) is 14.9. The molecule has 0 bridgehead atoms. The highest BCUT2D eigenvalue weighted by atomic mass is 35.5. The predicted molar refractivity (Wildman–Crippen MR) is 98.9 cm³/mol. The summed E-state index contributed by atoms with van der Waals surface area (Å²) in [7, 11) is 0. The maximum atomic E-state index is 12.4. The van der Waals surface area contributed by atoms with Gasteiger partial charge in [-0.1, -0.05) is 24.4 Å². The first-order valence-electron chi connectivity index (χ1n) is 9.34. The van der Waals surface area contributed by atoms with Gasteiger partial charge in [-0.3, -0.25) is 4.79 Å². The smallest absolute Gasteiger partial charge is 0.251 e. The van der Waals surface area contributed by atoms with Crippen molar-refractivity contribution in [2.45, 2.75) is 38.5 Å². The average molecular weight is 367 g/mol. The molecule has 25 heavy (non-hydrogen) atoms. The number of hydrogen-bond acceptors (Lipinski definition) is 4. The first-order valence-corrected chi connectivity index (χ1v) is 9.71. The number of benzene rings is 1. The molecular weight excluding hydrogens is 340 g/mol. The van der Waals surface area contributed by atoms with Gasteiger partial charge in [0.25, 0.3) is 5.91 Å². The third-order valence-electron chi connectivity index (χ3n) is 4.70. The first kappa shape index (κ1) is 18.3. The first-order chi connectivity index (χ1) is 12.2. The van der Waals surface area contributed by atoms with Crippen molar-refractivity contribution in [1.29, 1.82) is 0 Å². The Morgan fingerprint density at radius 2 is 1.84 bits per heavy atom. The molecule has 0 spiro atoms. The molecule has 1 aromatic rings. The van der Waals surface area contributed by atoms with Crippen LogP contribution in [0, 0.1) is 0 Å². The monoisotopic (exact) mass is 366 g/mol. The van der Waals surface area contributed by atoms with Crippen LogP contribution in [0.4, 0.5) is 0 Å². The number of nitrogens with one attached hydrogen (secondary N) is 1. The van der Waals surface area contributed by atoms with Gasteiger partial charge < -0.3 is 19.7 Å². The summed E-state index contributed by atoms with van der Waals surface area (Å²) >= 11 is 6.25. The molecule has 1 N–H and O–H groups in total.